The number of fused-ring (bicyclic) bond motifs is 1. The summed E-state index contributed by atoms with van der Waals surface area (Å²) in [6.07, 6.45) is 5.34. The van der Waals surface area contributed by atoms with Crippen molar-refractivity contribution in [3.05, 3.63) is 48.9 Å². The minimum atomic E-state index is 0.596. The Morgan fingerprint density at radius 3 is 2.87 bits per heavy atom. The monoisotopic (exact) mass is 196 g/mol. The van der Waals surface area contributed by atoms with Crippen LogP contribution in [0.3, 0.4) is 0 Å². The molecule has 0 N–H and O–H groups in total. The molecular weight excluding hydrogens is 188 g/mol. The Morgan fingerprint density at radius 2 is 2.00 bits per heavy atom. The van der Waals surface area contributed by atoms with E-state index in [2.05, 4.69) is 15.1 Å². The summed E-state index contributed by atoms with van der Waals surface area (Å²) in [5.41, 5.74) is 0.929. The summed E-state index contributed by atoms with van der Waals surface area (Å²) >= 11 is 0. The lowest BCUT2D eigenvalue weighted by Crippen LogP contribution is -2.00. The summed E-state index contributed by atoms with van der Waals surface area (Å²) in [5.74, 6) is 0.596. The van der Waals surface area contributed by atoms with Gasteiger partial charge in [0, 0.05) is 24.0 Å². The van der Waals surface area contributed by atoms with E-state index in [-0.39, 0.29) is 0 Å². The zero-order valence-corrected chi connectivity index (χ0v) is 7.91. The third-order valence-electron chi connectivity index (χ3n) is 2.19. The Kier molecular flexibility index (Phi) is 1.71. The summed E-state index contributed by atoms with van der Waals surface area (Å²) in [4.78, 5) is 8.65. The highest BCUT2D eigenvalue weighted by atomic mass is 15.3. The number of benzene rings is 1. The maximum atomic E-state index is 4.41. The fraction of sp³-hybridized carbons (Fsp3) is 0. The van der Waals surface area contributed by atoms with E-state index in [1.54, 1.807) is 17.1 Å². The molecule has 0 radical (unpaired) electrons. The first-order valence-corrected chi connectivity index (χ1v) is 4.65. The van der Waals surface area contributed by atoms with Crippen LogP contribution < -0.4 is 0 Å². The van der Waals surface area contributed by atoms with Gasteiger partial charge in [0.15, 0.2) is 0 Å². The van der Waals surface area contributed by atoms with Crippen molar-refractivity contribution in [2.75, 3.05) is 0 Å². The molecule has 0 spiro atoms. The van der Waals surface area contributed by atoms with Crippen LogP contribution in [0.2, 0.25) is 0 Å². The van der Waals surface area contributed by atoms with E-state index < -0.39 is 0 Å². The number of rotatable bonds is 1. The zero-order chi connectivity index (χ0) is 10.1. The molecular formula is C11H8N4. The molecule has 0 aliphatic carbocycles. The minimum absolute atomic E-state index is 0.596. The van der Waals surface area contributed by atoms with Crippen LogP contribution in [0.25, 0.3) is 16.9 Å². The molecule has 0 aliphatic heterocycles. The second-order valence-corrected chi connectivity index (χ2v) is 3.18. The van der Waals surface area contributed by atoms with Crippen molar-refractivity contribution < 1.29 is 0 Å². The van der Waals surface area contributed by atoms with E-state index in [9.17, 15) is 0 Å². The van der Waals surface area contributed by atoms with Gasteiger partial charge in [-0.25, -0.2) is 14.6 Å². The topological polar surface area (TPSA) is 43.6 Å². The number of hydrogen-bond donors (Lipinski definition) is 0. The molecule has 4 heteroatoms. The molecule has 0 aliphatic rings. The van der Waals surface area contributed by atoms with E-state index in [0.29, 0.717) is 5.95 Å². The average Bonchev–Trinajstić information content (AvgIpc) is 2.82. The van der Waals surface area contributed by atoms with Crippen molar-refractivity contribution in [1.82, 2.24) is 19.7 Å². The third-order valence-corrected chi connectivity index (χ3v) is 2.19. The summed E-state index contributed by atoms with van der Waals surface area (Å²) < 4.78 is 1.65. The molecule has 0 atom stereocenters. The van der Waals surface area contributed by atoms with Crippen LogP contribution in [-0.2, 0) is 0 Å². The third kappa shape index (κ3) is 1.36. The first-order valence-electron chi connectivity index (χ1n) is 4.65. The Balaban J connectivity index is 2.22. The van der Waals surface area contributed by atoms with Gasteiger partial charge in [-0.05, 0) is 12.1 Å². The lowest BCUT2D eigenvalue weighted by Gasteiger charge is -2.00. The van der Waals surface area contributed by atoms with Gasteiger partial charge < -0.3 is 0 Å². The van der Waals surface area contributed by atoms with E-state index in [1.165, 1.54) is 0 Å². The molecule has 72 valence electrons. The van der Waals surface area contributed by atoms with Crippen molar-refractivity contribution in [2.24, 2.45) is 0 Å². The molecule has 0 saturated heterocycles. The minimum Gasteiger partial charge on any atom is -0.219 e. The van der Waals surface area contributed by atoms with Gasteiger partial charge >= 0.3 is 0 Å². The normalized spacial score (nSPS) is 10.7. The molecule has 0 unspecified atom stereocenters. The van der Waals surface area contributed by atoms with Gasteiger partial charge in [-0.2, -0.15) is 5.10 Å². The van der Waals surface area contributed by atoms with Gasteiger partial charge in [0.1, 0.15) is 0 Å². The molecule has 2 aromatic heterocycles. The number of nitrogens with zero attached hydrogens (tertiary/aromatic N) is 4. The fourth-order valence-electron chi connectivity index (χ4n) is 1.46. The van der Waals surface area contributed by atoms with Crippen LogP contribution in [-0.4, -0.2) is 19.7 Å². The van der Waals surface area contributed by atoms with Gasteiger partial charge in [0.2, 0.25) is 0 Å². The Hall–Kier alpha value is -2.23. The SMILES string of the molecule is c1ccc2nc(-n3cccn3)ncc2c1. The highest BCUT2D eigenvalue weighted by Crippen LogP contribution is 2.10. The summed E-state index contributed by atoms with van der Waals surface area (Å²) in [7, 11) is 0. The first-order chi connectivity index (χ1) is 7.43. The fourth-order valence-corrected chi connectivity index (χ4v) is 1.46. The average molecular weight is 196 g/mol. The molecule has 0 saturated carbocycles. The second kappa shape index (κ2) is 3.16. The van der Waals surface area contributed by atoms with E-state index >= 15 is 0 Å². The van der Waals surface area contributed by atoms with E-state index in [1.807, 2.05) is 36.5 Å². The van der Waals surface area contributed by atoms with E-state index in [0.717, 1.165) is 10.9 Å². The van der Waals surface area contributed by atoms with Crippen molar-refractivity contribution in [2.45, 2.75) is 0 Å². The highest BCUT2D eigenvalue weighted by molar-refractivity contribution is 5.77. The molecule has 3 rings (SSSR count). The molecule has 1 aromatic carbocycles. The Labute approximate surface area is 86.2 Å². The largest absolute Gasteiger partial charge is 0.251 e. The van der Waals surface area contributed by atoms with Gasteiger partial charge in [-0.3, -0.25) is 0 Å². The predicted molar refractivity (Wildman–Crippen MR) is 56.7 cm³/mol. The van der Waals surface area contributed by atoms with Crippen LogP contribution in [0.4, 0.5) is 0 Å². The van der Waals surface area contributed by atoms with Crippen LogP contribution in [0, 0.1) is 0 Å². The molecule has 4 nitrogen and oxygen atoms in total. The van der Waals surface area contributed by atoms with Gasteiger partial charge in [-0.15, -0.1) is 0 Å². The van der Waals surface area contributed by atoms with Crippen molar-refractivity contribution in [3.63, 3.8) is 0 Å². The Morgan fingerprint density at radius 1 is 1.07 bits per heavy atom. The summed E-state index contributed by atoms with van der Waals surface area (Å²) in [6, 6.07) is 9.73. The maximum absolute atomic E-state index is 4.41. The van der Waals surface area contributed by atoms with Gasteiger partial charge in [-0.1, -0.05) is 18.2 Å². The van der Waals surface area contributed by atoms with Crippen LogP contribution in [0.1, 0.15) is 0 Å². The molecule has 15 heavy (non-hydrogen) atoms. The zero-order valence-electron chi connectivity index (χ0n) is 7.91. The summed E-state index contributed by atoms with van der Waals surface area (Å²) in [5, 5.41) is 5.12. The van der Waals surface area contributed by atoms with Crippen LogP contribution in [0.15, 0.2) is 48.9 Å². The molecule has 2 heterocycles. The Bertz CT molecular complexity index is 586. The highest BCUT2D eigenvalue weighted by Gasteiger charge is 2.00. The summed E-state index contributed by atoms with van der Waals surface area (Å²) in [6.45, 7) is 0. The lowest BCUT2D eigenvalue weighted by atomic mass is 10.2. The number of para-hydroxylation sites is 1. The molecule has 0 fully saturated rings. The first kappa shape index (κ1) is 8.11. The van der Waals surface area contributed by atoms with Crippen molar-refractivity contribution >= 4 is 10.9 Å². The lowest BCUT2D eigenvalue weighted by molar-refractivity contribution is 0.816. The number of hydrogen-bond acceptors (Lipinski definition) is 3. The smallest absolute Gasteiger partial charge is 0.219 e. The quantitative estimate of drug-likeness (QED) is 0.596. The van der Waals surface area contributed by atoms with Gasteiger partial charge in [0.25, 0.3) is 5.95 Å². The predicted octanol–water partition coefficient (Wildman–Crippen LogP) is 1.82. The second-order valence-electron chi connectivity index (χ2n) is 3.18. The molecule has 0 amide bonds. The maximum Gasteiger partial charge on any atom is 0.251 e. The molecule has 0 bridgehead atoms. The molecule has 3 aromatic rings. The standard InChI is InChI=1S/C11H8N4/c1-2-5-10-9(4-1)8-12-11(14-10)15-7-3-6-13-15/h1-8H. The van der Waals surface area contributed by atoms with Crippen LogP contribution in [0.5, 0.6) is 0 Å². The van der Waals surface area contributed by atoms with E-state index in [4.69, 9.17) is 0 Å². The van der Waals surface area contributed by atoms with Gasteiger partial charge in [0.05, 0.1) is 5.52 Å². The van der Waals surface area contributed by atoms with Crippen molar-refractivity contribution in [1.29, 1.82) is 0 Å². The number of aromatic nitrogens is 4. The van der Waals surface area contributed by atoms with Crippen molar-refractivity contribution in [3.8, 4) is 5.95 Å². The van der Waals surface area contributed by atoms with Crippen LogP contribution >= 0.6 is 0 Å².